The maximum Gasteiger partial charge on any atom is 0.269 e. The van der Waals surface area contributed by atoms with E-state index in [2.05, 4.69) is 5.32 Å². The topological polar surface area (TPSA) is 127 Å². The van der Waals surface area contributed by atoms with Crippen molar-refractivity contribution in [2.75, 3.05) is 12.3 Å². The Balaban J connectivity index is 2.51. The SMILES string of the molecule is CCCNC(=O)/C(N)=C(\N)c1cccc(-c2cc(C)ccc2O)c1N. The van der Waals surface area contributed by atoms with Crippen LogP contribution in [0.25, 0.3) is 16.8 Å². The van der Waals surface area contributed by atoms with E-state index < -0.39 is 5.91 Å². The molecule has 0 spiro atoms. The zero-order chi connectivity index (χ0) is 18.6. The van der Waals surface area contributed by atoms with Gasteiger partial charge in [-0.1, -0.05) is 36.8 Å². The smallest absolute Gasteiger partial charge is 0.269 e. The number of phenols is 1. The van der Waals surface area contributed by atoms with Gasteiger partial charge in [-0.3, -0.25) is 4.79 Å². The number of aryl methyl sites for hydroxylation is 1. The molecular weight excluding hydrogens is 316 g/mol. The number of nitrogens with two attached hydrogens (primary N) is 3. The maximum atomic E-state index is 12.0. The van der Waals surface area contributed by atoms with E-state index in [9.17, 15) is 9.90 Å². The molecule has 0 bridgehead atoms. The fraction of sp³-hybridized carbons (Fsp3) is 0.211. The van der Waals surface area contributed by atoms with Crippen LogP contribution in [0.5, 0.6) is 5.75 Å². The molecule has 0 atom stereocenters. The van der Waals surface area contributed by atoms with Gasteiger partial charge in [0.25, 0.3) is 5.91 Å². The fourth-order valence-corrected chi connectivity index (χ4v) is 2.50. The molecule has 1 amide bonds. The highest BCUT2D eigenvalue weighted by atomic mass is 16.3. The molecule has 6 heteroatoms. The Morgan fingerprint density at radius 3 is 2.56 bits per heavy atom. The summed E-state index contributed by atoms with van der Waals surface area (Å²) in [5.74, 6) is -0.312. The summed E-state index contributed by atoms with van der Waals surface area (Å²) in [7, 11) is 0. The predicted octanol–water partition coefficient (Wildman–Crippen LogP) is 2.06. The summed E-state index contributed by atoms with van der Waals surface area (Å²) in [6, 6.07) is 10.5. The van der Waals surface area contributed by atoms with Crippen molar-refractivity contribution in [1.29, 1.82) is 0 Å². The van der Waals surface area contributed by atoms with Crippen molar-refractivity contribution in [1.82, 2.24) is 5.32 Å². The van der Waals surface area contributed by atoms with Crippen molar-refractivity contribution in [2.45, 2.75) is 20.3 Å². The molecule has 132 valence electrons. The molecule has 2 aromatic rings. The van der Waals surface area contributed by atoms with E-state index in [1.54, 1.807) is 24.3 Å². The van der Waals surface area contributed by atoms with E-state index in [0.717, 1.165) is 12.0 Å². The van der Waals surface area contributed by atoms with Crippen molar-refractivity contribution in [2.24, 2.45) is 11.5 Å². The maximum absolute atomic E-state index is 12.0. The molecule has 2 rings (SSSR count). The highest BCUT2D eigenvalue weighted by molar-refractivity contribution is 6.01. The van der Waals surface area contributed by atoms with E-state index in [1.807, 2.05) is 26.0 Å². The second-order valence-corrected chi connectivity index (χ2v) is 5.87. The van der Waals surface area contributed by atoms with Gasteiger partial charge in [0, 0.05) is 28.9 Å². The summed E-state index contributed by atoms with van der Waals surface area (Å²) in [4.78, 5) is 12.0. The quantitative estimate of drug-likeness (QED) is 0.420. The van der Waals surface area contributed by atoms with Gasteiger partial charge in [0.1, 0.15) is 11.4 Å². The molecule has 0 heterocycles. The molecule has 0 aliphatic heterocycles. The van der Waals surface area contributed by atoms with Crippen molar-refractivity contribution < 1.29 is 9.90 Å². The molecule has 2 aromatic carbocycles. The number of amides is 1. The number of hydrogen-bond acceptors (Lipinski definition) is 5. The van der Waals surface area contributed by atoms with Gasteiger partial charge in [0.05, 0.1) is 5.70 Å². The number of benzene rings is 2. The van der Waals surface area contributed by atoms with Crippen molar-refractivity contribution >= 4 is 17.3 Å². The van der Waals surface area contributed by atoms with Crippen LogP contribution in [0.3, 0.4) is 0 Å². The molecule has 0 fully saturated rings. The van der Waals surface area contributed by atoms with Crippen LogP contribution in [0.15, 0.2) is 42.1 Å². The molecule has 8 N–H and O–H groups in total. The minimum Gasteiger partial charge on any atom is -0.507 e. The lowest BCUT2D eigenvalue weighted by Gasteiger charge is -2.15. The Hall–Kier alpha value is -3.15. The lowest BCUT2D eigenvalue weighted by Crippen LogP contribution is -2.31. The first-order valence-electron chi connectivity index (χ1n) is 8.09. The van der Waals surface area contributed by atoms with Crippen molar-refractivity contribution in [3.05, 3.63) is 53.2 Å². The first kappa shape index (κ1) is 18.2. The molecule has 0 unspecified atom stereocenters. The van der Waals surface area contributed by atoms with Gasteiger partial charge in [-0.2, -0.15) is 0 Å². The van der Waals surface area contributed by atoms with Crippen LogP contribution in [-0.4, -0.2) is 17.6 Å². The zero-order valence-electron chi connectivity index (χ0n) is 14.5. The Kier molecular flexibility index (Phi) is 5.54. The lowest BCUT2D eigenvalue weighted by atomic mass is 9.96. The summed E-state index contributed by atoms with van der Waals surface area (Å²) in [6.45, 7) is 4.38. The molecule has 0 radical (unpaired) electrons. The van der Waals surface area contributed by atoms with Crippen LogP contribution >= 0.6 is 0 Å². The number of nitrogens with one attached hydrogen (secondary N) is 1. The number of phenolic OH excluding ortho intramolecular Hbond substituents is 1. The van der Waals surface area contributed by atoms with Crippen LogP contribution in [0.1, 0.15) is 24.5 Å². The summed E-state index contributed by atoms with van der Waals surface area (Å²) in [6.07, 6.45) is 0.795. The van der Waals surface area contributed by atoms with E-state index >= 15 is 0 Å². The summed E-state index contributed by atoms with van der Waals surface area (Å²) in [5.41, 5.74) is 21.3. The number of hydrogen-bond donors (Lipinski definition) is 5. The van der Waals surface area contributed by atoms with E-state index in [-0.39, 0.29) is 17.1 Å². The van der Waals surface area contributed by atoms with Gasteiger partial charge < -0.3 is 27.6 Å². The second-order valence-electron chi connectivity index (χ2n) is 5.87. The second kappa shape index (κ2) is 7.61. The van der Waals surface area contributed by atoms with Crippen molar-refractivity contribution in [3.63, 3.8) is 0 Å². The highest BCUT2D eigenvalue weighted by Crippen LogP contribution is 2.36. The third-order valence-electron chi connectivity index (χ3n) is 3.91. The molecule has 0 aliphatic carbocycles. The average Bonchev–Trinajstić information content (AvgIpc) is 2.60. The Morgan fingerprint density at radius 1 is 1.16 bits per heavy atom. The number of aromatic hydroxyl groups is 1. The van der Waals surface area contributed by atoms with Gasteiger partial charge in [-0.05, 0) is 25.5 Å². The van der Waals surface area contributed by atoms with Gasteiger partial charge in [0.15, 0.2) is 0 Å². The standard InChI is InChI=1S/C19H24N4O2/c1-3-9-23-19(25)18(22)17(21)13-6-4-5-12(16(13)20)14-10-11(2)7-8-15(14)24/h4-8,10,24H,3,9,20-22H2,1-2H3,(H,23,25)/b18-17+. The van der Waals surface area contributed by atoms with E-state index in [1.165, 1.54) is 0 Å². The number of anilines is 1. The Bertz CT molecular complexity index is 828. The lowest BCUT2D eigenvalue weighted by molar-refractivity contribution is -0.117. The minimum atomic E-state index is -0.428. The summed E-state index contributed by atoms with van der Waals surface area (Å²) < 4.78 is 0. The third kappa shape index (κ3) is 3.85. The molecule has 25 heavy (non-hydrogen) atoms. The van der Waals surface area contributed by atoms with E-state index in [4.69, 9.17) is 17.2 Å². The Labute approximate surface area is 147 Å². The van der Waals surface area contributed by atoms with Gasteiger partial charge in [0.2, 0.25) is 0 Å². The summed E-state index contributed by atoms with van der Waals surface area (Å²) in [5, 5.41) is 12.8. The van der Waals surface area contributed by atoms with Gasteiger partial charge in [-0.25, -0.2) is 0 Å². The van der Waals surface area contributed by atoms with Crippen LogP contribution in [0.4, 0.5) is 5.69 Å². The van der Waals surface area contributed by atoms with Gasteiger partial charge >= 0.3 is 0 Å². The largest absolute Gasteiger partial charge is 0.507 e. The van der Waals surface area contributed by atoms with Crippen LogP contribution in [0, 0.1) is 6.92 Å². The normalized spacial score (nSPS) is 11.8. The third-order valence-corrected chi connectivity index (χ3v) is 3.91. The first-order chi connectivity index (χ1) is 11.9. The molecule has 6 nitrogen and oxygen atoms in total. The molecule has 0 aromatic heterocycles. The van der Waals surface area contributed by atoms with Crippen LogP contribution < -0.4 is 22.5 Å². The molecular formula is C19H24N4O2. The molecule has 0 saturated carbocycles. The number of nitrogen functional groups attached to an aromatic ring is 1. The summed E-state index contributed by atoms with van der Waals surface area (Å²) >= 11 is 0. The number of para-hydroxylation sites is 1. The first-order valence-corrected chi connectivity index (χ1v) is 8.09. The number of carbonyl (C=O) groups is 1. The average molecular weight is 340 g/mol. The molecule has 0 aliphatic rings. The monoisotopic (exact) mass is 340 g/mol. The van der Waals surface area contributed by atoms with Crippen LogP contribution in [-0.2, 0) is 4.79 Å². The minimum absolute atomic E-state index is 0.0780. The zero-order valence-corrected chi connectivity index (χ0v) is 14.5. The Morgan fingerprint density at radius 2 is 1.88 bits per heavy atom. The van der Waals surface area contributed by atoms with Crippen molar-refractivity contribution in [3.8, 4) is 16.9 Å². The fourth-order valence-electron chi connectivity index (χ4n) is 2.50. The van der Waals surface area contributed by atoms with E-state index in [0.29, 0.717) is 28.9 Å². The predicted molar refractivity (Wildman–Crippen MR) is 101 cm³/mol. The number of rotatable bonds is 5. The van der Waals surface area contributed by atoms with Crippen LogP contribution in [0.2, 0.25) is 0 Å². The number of carbonyl (C=O) groups excluding carboxylic acids is 1. The highest BCUT2D eigenvalue weighted by Gasteiger charge is 2.16. The van der Waals surface area contributed by atoms with Gasteiger partial charge in [-0.15, -0.1) is 0 Å². The molecule has 0 saturated heterocycles.